The Kier molecular flexibility index (Phi) is 4.39. The molecule has 0 saturated heterocycles. The van der Waals surface area contributed by atoms with E-state index in [9.17, 15) is 18.0 Å². The fraction of sp³-hybridized carbons (Fsp3) is 0.294. The largest absolute Gasteiger partial charge is 0.480 e. The third-order valence-corrected chi connectivity index (χ3v) is 4.05. The van der Waals surface area contributed by atoms with Crippen LogP contribution in [0.4, 0.5) is 13.2 Å². The number of alkyl halides is 3. The number of carbonyl (C=O) groups excluding carboxylic acids is 1. The van der Waals surface area contributed by atoms with Crippen LogP contribution in [-0.4, -0.2) is 33.1 Å². The zero-order chi connectivity index (χ0) is 19.1. The number of methoxy groups -OCH3 is 1. The molecule has 0 aliphatic rings. The van der Waals surface area contributed by atoms with E-state index in [-0.39, 0.29) is 11.6 Å². The highest BCUT2D eigenvalue weighted by molar-refractivity contribution is 5.96. The number of fused-ring (bicyclic) bond motifs is 1. The van der Waals surface area contributed by atoms with Crippen molar-refractivity contribution in [2.24, 2.45) is 0 Å². The molecule has 3 aromatic rings. The van der Waals surface area contributed by atoms with Crippen LogP contribution in [0.25, 0.3) is 11.0 Å². The van der Waals surface area contributed by atoms with Crippen molar-refractivity contribution in [2.75, 3.05) is 7.11 Å². The highest BCUT2D eigenvalue weighted by Crippen LogP contribution is 2.32. The van der Waals surface area contributed by atoms with Crippen molar-refractivity contribution in [1.82, 2.24) is 19.7 Å². The Morgan fingerprint density at radius 3 is 2.38 bits per heavy atom. The van der Waals surface area contributed by atoms with Crippen molar-refractivity contribution < 1.29 is 22.7 Å². The Balaban J connectivity index is 2.13. The summed E-state index contributed by atoms with van der Waals surface area (Å²) in [5, 5.41) is 4.62. The molecule has 0 spiro atoms. The summed E-state index contributed by atoms with van der Waals surface area (Å²) in [6.07, 6.45) is -3.83. The molecule has 0 saturated carbocycles. The van der Waals surface area contributed by atoms with E-state index in [1.54, 1.807) is 13.8 Å². The molecule has 0 fully saturated rings. The fourth-order valence-corrected chi connectivity index (χ4v) is 2.73. The van der Waals surface area contributed by atoms with Gasteiger partial charge in [0.2, 0.25) is 5.88 Å². The van der Waals surface area contributed by atoms with Gasteiger partial charge in [0, 0.05) is 0 Å². The van der Waals surface area contributed by atoms with Gasteiger partial charge in [-0.1, -0.05) is 12.1 Å². The maximum Gasteiger partial charge on any atom is 0.416 e. The van der Waals surface area contributed by atoms with E-state index in [0.717, 1.165) is 12.1 Å². The second-order valence-corrected chi connectivity index (χ2v) is 5.72. The SMILES string of the molecule is COc1nc(C)nc2c1c(C=O)nn2C(C)c1ccc(C(F)(F)F)cc1. The highest BCUT2D eigenvalue weighted by atomic mass is 19.4. The molecule has 0 radical (unpaired) electrons. The van der Waals surface area contributed by atoms with Crippen LogP contribution in [0.1, 0.15) is 40.4 Å². The van der Waals surface area contributed by atoms with Gasteiger partial charge in [0.1, 0.15) is 16.9 Å². The van der Waals surface area contributed by atoms with Gasteiger partial charge in [-0.05, 0) is 31.5 Å². The number of aromatic nitrogens is 4. The van der Waals surface area contributed by atoms with Crippen molar-refractivity contribution >= 4 is 17.3 Å². The summed E-state index contributed by atoms with van der Waals surface area (Å²) in [5.41, 5.74) is 0.349. The minimum atomic E-state index is -4.40. The minimum absolute atomic E-state index is 0.107. The summed E-state index contributed by atoms with van der Waals surface area (Å²) in [7, 11) is 1.42. The first-order chi connectivity index (χ1) is 12.3. The smallest absolute Gasteiger partial charge is 0.416 e. The number of benzene rings is 1. The second kappa shape index (κ2) is 6.40. The molecule has 2 heterocycles. The van der Waals surface area contributed by atoms with Crippen molar-refractivity contribution in [3.05, 3.63) is 46.9 Å². The average molecular weight is 364 g/mol. The minimum Gasteiger partial charge on any atom is -0.480 e. The third kappa shape index (κ3) is 3.00. The number of nitrogens with zero attached hydrogens (tertiary/aromatic N) is 4. The number of aryl methyl sites for hydroxylation is 1. The Morgan fingerprint density at radius 2 is 1.85 bits per heavy atom. The maximum absolute atomic E-state index is 12.7. The molecule has 0 aliphatic heterocycles. The van der Waals surface area contributed by atoms with E-state index in [2.05, 4.69) is 15.1 Å². The lowest BCUT2D eigenvalue weighted by molar-refractivity contribution is -0.137. The molecule has 3 rings (SSSR count). The van der Waals surface area contributed by atoms with E-state index < -0.39 is 17.8 Å². The van der Waals surface area contributed by atoms with Crippen LogP contribution in [-0.2, 0) is 6.18 Å². The van der Waals surface area contributed by atoms with Crippen LogP contribution in [0.3, 0.4) is 0 Å². The van der Waals surface area contributed by atoms with Crippen LogP contribution in [0.2, 0.25) is 0 Å². The predicted octanol–water partition coefficient (Wildman–Crippen LogP) is 3.58. The number of halogens is 3. The Hall–Kier alpha value is -2.97. The molecule has 9 heteroatoms. The molecular weight excluding hydrogens is 349 g/mol. The van der Waals surface area contributed by atoms with Gasteiger partial charge < -0.3 is 4.74 Å². The van der Waals surface area contributed by atoms with Crippen molar-refractivity contribution in [3.8, 4) is 5.88 Å². The summed E-state index contributed by atoms with van der Waals surface area (Å²) in [6.45, 7) is 3.43. The molecule has 0 bridgehead atoms. The fourth-order valence-electron chi connectivity index (χ4n) is 2.73. The topological polar surface area (TPSA) is 69.9 Å². The first-order valence-electron chi connectivity index (χ1n) is 7.69. The van der Waals surface area contributed by atoms with Crippen molar-refractivity contribution in [1.29, 1.82) is 0 Å². The molecule has 136 valence electrons. The monoisotopic (exact) mass is 364 g/mol. The number of carbonyl (C=O) groups is 1. The number of aldehydes is 1. The summed E-state index contributed by atoms with van der Waals surface area (Å²) < 4.78 is 44.9. The molecule has 0 N–H and O–H groups in total. The van der Waals surface area contributed by atoms with E-state index in [0.29, 0.717) is 28.7 Å². The Bertz CT molecular complexity index is 965. The van der Waals surface area contributed by atoms with Crippen LogP contribution >= 0.6 is 0 Å². The van der Waals surface area contributed by atoms with Gasteiger partial charge >= 0.3 is 6.18 Å². The molecule has 2 aromatic heterocycles. The van der Waals surface area contributed by atoms with Gasteiger partial charge in [-0.3, -0.25) is 4.79 Å². The first kappa shape index (κ1) is 17.8. The van der Waals surface area contributed by atoms with E-state index >= 15 is 0 Å². The summed E-state index contributed by atoms with van der Waals surface area (Å²) in [4.78, 5) is 19.9. The molecule has 0 amide bonds. The van der Waals surface area contributed by atoms with Crippen LogP contribution in [0.5, 0.6) is 5.88 Å². The summed E-state index contributed by atoms with van der Waals surface area (Å²) in [6, 6.07) is 4.34. The molecule has 1 atom stereocenters. The highest BCUT2D eigenvalue weighted by Gasteiger charge is 2.30. The predicted molar refractivity (Wildman–Crippen MR) is 87.3 cm³/mol. The zero-order valence-electron chi connectivity index (χ0n) is 14.2. The molecule has 6 nitrogen and oxygen atoms in total. The normalized spacial score (nSPS) is 13.0. The lowest BCUT2D eigenvalue weighted by Gasteiger charge is -2.15. The summed E-state index contributed by atoms with van der Waals surface area (Å²) in [5.74, 6) is 0.646. The lowest BCUT2D eigenvalue weighted by atomic mass is 10.1. The maximum atomic E-state index is 12.7. The first-order valence-corrected chi connectivity index (χ1v) is 7.69. The number of hydrogen-bond donors (Lipinski definition) is 0. The molecule has 0 aliphatic carbocycles. The van der Waals surface area contributed by atoms with E-state index in [1.165, 1.54) is 23.9 Å². The third-order valence-electron chi connectivity index (χ3n) is 4.05. The standard InChI is InChI=1S/C17H15F3N4O2/c1-9(11-4-6-12(7-5-11)17(18,19)20)24-15-14(13(8-25)23-24)16(26-3)22-10(2)21-15/h4-9H,1-3H3. The Morgan fingerprint density at radius 1 is 1.19 bits per heavy atom. The van der Waals surface area contributed by atoms with E-state index in [4.69, 9.17) is 4.74 Å². The molecule has 1 aromatic carbocycles. The second-order valence-electron chi connectivity index (χ2n) is 5.72. The molecular formula is C17H15F3N4O2. The van der Waals surface area contributed by atoms with Gasteiger partial charge in [-0.15, -0.1) is 0 Å². The average Bonchev–Trinajstić information content (AvgIpc) is 2.98. The van der Waals surface area contributed by atoms with Gasteiger partial charge in [0.25, 0.3) is 0 Å². The molecule has 26 heavy (non-hydrogen) atoms. The zero-order valence-corrected chi connectivity index (χ0v) is 14.2. The van der Waals surface area contributed by atoms with Crippen molar-refractivity contribution in [2.45, 2.75) is 26.1 Å². The van der Waals surface area contributed by atoms with Crippen LogP contribution in [0, 0.1) is 6.92 Å². The lowest BCUT2D eigenvalue weighted by Crippen LogP contribution is -2.11. The Labute approximate surface area is 146 Å². The van der Waals surface area contributed by atoms with Crippen LogP contribution in [0.15, 0.2) is 24.3 Å². The van der Waals surface area contributed by atoms with Gasteiger partial charge in [0.05, 0.1) is 18.7 Å². The number of ether oxygens (including phenoxy) is 1. The number of rotatable bonds is 4. The van der Waals surface area contributed by atoms with Gasteiger partial charge in [-0.2, -0.15) is 23.3 Å². The van der Waals surface area contributed by atoms with Gasteiger partial charge in [-0.25, -0.2) is 9.67 Å². The van der Waals surface area contributed by atoms with Crippen molar-refractivity contribution in [3.63, 3.8) is 0 Å². The number of hydrogen-bond acceptors (Lipinski definition) is 5. The van der Waals surface area contributed by atoms with E-state index in [1.807, 2.05) is 0 Å². The van der Waals surface area contributed by atoms with Gasteiger partial charge in [0.15, 0.2) is 11.9 Å². The molecule has 1 unspecified atom stereocenters. The quantitative estimate of drug-likeness (QED) is 0.662. The summed E-state index contributed by atoms with van der Waals surface area (Å²) >= 11 is 0. The van der Waals surface area contributed by atoms with Crippen LogP contribution < -0.4 is 4.74 Å².